The Balaban J connectivity index is 2.42. The average molecular weight is 229 g/mol. The van der Waals surface area contributed by atoms with E-state index in [1.807, 2.05) is 0 Å². The van der Waals surface area contributed by atoms with Crippen LogP contribution in [0.2, 0.25) is 0 Å². The van der Waals surface area contributed by atoms with Crippen molar-refractivity contribution in [3.63, 3.8) is 0 Å². The van der Waals surface area contributed by atoms with Gasteiger partial charge in [-0.3, -0.25) is 4.79 Å². The Labute approximate surface area is 90.7 Å². The molecule has 0 aliphatic carbocycles. The van der Waals surface area contributed by atoms with E-state index >= 15 is 0 Å². The standard InChI is InChI=1S/C11H10F3NO/c12-7-5-8(13)11(9(14)6-7)15-4-2-1-3-10(15)16/h5-6H,1-4H2. The summed E-state index contributed by atoms with van der Waals surface area (Å²) in [6, 6.07) is 1.17. The number of halogens is 3. The molecule has 0 aromatic heterocycles. The minimum Gasteiger partial charge on any atom is -0.307 e. The van der Waals surface area contributed by atoms with E-state index in [0.29, 0.717) is 18.6 Å². The van der Waals surface area contributed by atoms with Crippen LogP contribution >= 0.6 is 0 Å². The van der Waals surface area contributed by atoms with Crippen LogP contribution in [-0.2, 0) is 4.79 Å². The lowest BCUT2D eigenvalue weighted by atomic mass is 10.1. The Hall–Kier alpha value is -1.52. The maximum Gasteiger partial charge on any atom is 0.227 e. The van der Waals surface area contributed by atoms with Crippen molar-refractivity contribution in [3.05, 3.63) is 29.6 Å². The topological polar surface area (TPSA) is 20.3 Å². The molecule has 0 spiro atoms. The number of anilines is 1. The van der Waals surface area contributed by atoms with Crippen molar-refractivity contribution in [2.45, 2.75) is 19.3 Å². The summed E-state index contributed by atoms with van der Waals surface area (Å²) in [5, 5.41) is 0. The fourth-order valence-electron chi connectivity index (χ4n) is 1.83. The second kappa shape index (κ2) is 4.15. The molecular formula is C11H10F3NO. The molecule has 1 fully saturated rings. The number of amides is 1. The van der Waals surface area contributed by atoms with E-state index in [9.17, 15) is 18.0 Å². The highest BCUT2D eigenvalue weighted by atomic mass is 19.1. The lowest BCUT2D eigenvalue weighted by Gasteiger charge is -2.27. The Morgan fingerprint density at radius 2 is 1.69 bits per heavy atom. The molecular weight excluding hydrogens is 219 g/mol. The first-order valence-electron chi connectivity index (χ1n) is 5.04. The molecule has 86 valence electrons. The van der Waals surface area contributed by atoms with E-state index in [1.54, 1.807) is 0 Å². The first kappa shape index (κ1) is 11.0. The Morgan fingerprint density at radius 1 is 1.06 bits per heavy atom. The number of rotatable bonds is 1. The molecule has 0 bridgehead atoms. The summed E-state index contributed by atoms with van der Waals surface area (Å²) in [6.45, 7) is 0.276. The van der Waals surface area contributed by atoms with Crippen molar-refractivity contribution in [1.82, 2.24) is 0 Å². The van der Waals surface area contributed by atoms with E-state index in [4.69, 9.17) is 0 Å². The lowest BCUT2D eigenvalue weighted by Crippen LogP contribution is -2.36. The van der Waals surface area contributed by atoms with Crippen molar-refractivity contribution < 1.29 is 18.0 Å². The van der Waals surface area contributed by atoms with Crippen LogP contribution in [0.5, 0.6) is 0 Å². The van der Waals surface area contributed by atoms with Crippen LogP contribution in [0, 0.1) is 17.5 Å². The van der Waals surface area contributed by atoms with Gasteiger partial charge in [-0.15, -0.1) is 0 Å². The number of hydrogen-bond acceptors (Lipinski definition) is 1. The van der Waals surface area contributed by atoms with Crippen molar-refractivity contribution in [2.24, 2.45) is 0 Å². The smallest absolute Gasteiger partial charge is 0.227 e. The average Bonchev–Trinajstić information content (AvgIpc) is 2.19. The van der Waals surface area contributed by atoms with Crippen LogP contribution in [-0.4, -0.2) is 12.5 Å². The van der Waals surface area contributed by atoms with Gasteiger partial charge in [-0.05, 0) is 12.8 Å². The van der Waals surface area contributed by atoms with E-state index in [-0.39, 0.29) is 18.9 Å². The summed E-state index contributed by atoms with van der Waals surface area (Å²) < 4.78 is 39.5. The van der Waals surface area contributed by atoms with Crippen LogP contribution in [0.3, 0.4) is 0 Å². The van der Waals surface area contributed by atoms with E-state index in [0.717, 1.165) is 11.3 Å². The zero-order valence-corrected chi connectivity index (χ0v) is 8.47. The summed E-state index contributed by atoms with van der Waals surface area (Å²) in [5.41, 5.74) is -0.439. The SMILES string of the molecule is O=C1CCCCN1c1c(F)cc(F)cc1F. The minimum absolute atomic E-state index is 0.274. The normalized spacial score (nSPS) is 16.7. The molecule has 0 N–H and O–H groups in total. The van der Waals surface area contributed by atoms with Gasteiger partial charge in [0.2, 0.25) is 5.91 Å². The number of benzene rings is 1. The van der Waals surface area contributed by atoms with Gasteiger partial charge in [0.1, 0.15) is 11.5 Å². The Kier molecular flexibility index (Phi) is 2.85. The van der Waals surface area contributed by atoms with Crippen molar-refractivity contribution >= 4 is 11.6 Å². The summed E-state index contributed by atoms with van der Waals surface area (Å²) in [4.78, 5) is 12.5. The molecule has 1 saturated heterocycles. The first-order chi connectivity index (χ1) is 7.59. The summed E-state index contributed by atoms with van der Waals surface area (Å²) in [6.07, 6.45) is 1.69. The quantitative estimate of drug-likeness (QED) is 0.724. The Morgan fingerprint density at radius 3 is 2.25 bits per heavy atom. The van der Waals surface area contributed by atoms with Crippen LogP contribution < -0.4 is 4.90 Å². The largest absolute Gasteiger partial charge is 0.307 e. The van der Waals surface area contributed by atoms with Gasteiger partial charge in [0, 0.05) is 25.1 Å². The zero-order valence-electron chi connectivity index (χ0n) is 8.47. The number of carbonyl (C=O) groups is 1. The first-order valence-corrected chi connectivity index (χ1v) is 5.04. The Bertz CT molecular complexity index is 410. The van der Waals surface area contributed by atoms with Crippen molar-refractivity contribution in [1.29, 1.82) is 0 Å². The molecule has 0 saturated carbocycles. The second-order valence-corrected chi connectivity index (χ2v) is 3.72. The predicted octanol–water partition coefficient (Wildman–Crippen LogP) is 2.62. The van der Waals surface area contributed by atoms with E-state index in [1.165, 1.54) is 0 Å². The number of carbonyl (C=O) groups excluding carboxylic acids is 1. The van der Waals surface area contributed by atoms with Gasteiger partial charge in [0.05, 0.1) is 0 Å². The third-order valence-electron chi connectivity index (χ3n) is 2.57. The van der Waals surface area contributed by atoms with Crippen molar-refractivity contribution in [2.75, 3.05) is 11.4 Å². The molecule has 1 heterocycles. The van der Waals surface area contributed by atoms with Gasteiger partial charge >= 0.3 is 0 Å². The molecule has 1 amide bonds. The zero-order chi connectivity index (χ0) is 11.7. The number of hydrogen-bond donors (Lipinski definition) is 0. The molecule has 1 aliphatic heterocycles. The predicted molar refractivity (Wildman–Crippen MR) is 52.5 cm³/mol. The third-order valence-corrected chi connectivity index (χ3v) is 2.57. The van der Waals surface area contributed by atoms with E-state index in [2.05, 4.69) is 0 Å². The molecule has 2 nitrogen and oxygen atoms in total. The molecule has 16 heavy (non-hydrogen) atoms. The highest BCUT2D eigenvalue weighted by molar-refractivity contribution is 5.94. The third kappa shape index (κ3) is 1.89. The maximum absolute atomic E-state index is 13.4. The molecule has 2 rings (SSSR count). The fraction of sp³-hybridized carbons (Fsp3) is 0.364. The van der Waals surface area contributed by atoms with Gasteiger partial charge < -0.3 is 4.90 Å². The minimum atomic E-state index is -1.03. The molecule has 1 aromatic rings. The van der Waals surface area contributed by atoms with Crippen LogP contribution in [0.25, 0.3) is 0 Å². The summed E-state index contributed by atoms with van der Waals surface area (Å²) in [7, 11) is 0. The summed E-state index contributed by atoms with van der Waals surface area (Å²) in [5.74, 6) is -3.38. The molecule has 5 heteroatoms. The maximum atomic E-state index is 13.4. The second-order valence-electron chi connectivity index (χ2n) is 3.72. The van der Waals surface area contributed by atoms with Crippen LogP contribution in [0.1, 0.15) is 19.3 Å². The summed E-state index contributed by atoms with van der Waals surface area (Å²) >= 11 is 0. The molecule has 0 radical (unpaired) electrons. The molecule has 0 atom stereocenters. The molecule has 1 aromatic carbocycles. The fourth-order valence-corrected chi connectivity index (χ4v) is 1.83. The number of nitrogens with zero attached hydrogens (tertiary/aromatic N) is 1. The van der Waals surface area contributed by atoms with Gasteiger partial charge in [-0.1, -0.05) is 0 Å². The monoisotopic (exact) mass is 229 g/mol. The van der Waals surface area contributed by atoms with Gasteiger partial charge in [0.25, 0.3) is 0 Å². The highest BCUT2D eigenvalue weighted by Gasteiger charge is 2.25. The van der Waals surface area contributed by atoms with Crippen LogP contribution in [0.15, 0.2) is 12.1 Å². The number of piperidine rings is 1. The lowest BCUT2D eigenvalue weighted by molar-refractivity contribution is -0.119. The molecule has 1 aliphatic rings. The molecule has 0 unspecified atom stereocenters. The van der Waals surface area contributed by atoms with Crippen LogP contribution in [0.4, 0.5) is 18.9 Å². The van der Waals surface area contributed by atoms with Crippen molar-refractivity contribution in [3.8, 4) is 0 Å². The van der Waals surface area contributed by atoms with Gasteiger partial charge in [0.15, 0.2) is 11.6 Å². The van der Waals surface area contributed by atoms with Gasteiger partial charge in [-0.2, -0.15) is 0 Å². The van der Waals surface area contributed by atoms with E-state index < -0.39 is 23.1 Å². The van der Waals surface area contributed by atoms with Gasteiger partial charge in [-0.25, -0.2) is 13.2 Å². The highest BCUT2D eigenvalue weighted by Crippen LogP contribution is 2.27.